The van der Waals surface area contributed by atoms with E-state index in [4.69, 9.17) is 21.3 Å². The van der Waals surface area contributed by atoms with Gasteiger partial charge in [0.2, 0.25) is 5.91 Å². The van der Waals surface area contributed by atoms with Crippen LogP contribution in [0.5, 0.6) is 5.88 Å². The molecule has 0 bridgehead atoms. The quantitative estimate of drug-likeness (QED) is 0.215. The van der Waals surface area contributed by atoms with E-state index < -0.39 is 5.60 Å². The summed E-state index contributed by atoms with van der Waals surface area (Å²) in [4.78, 5) is 39.6. The Morgan fingerprint density at radius 2 is 1.67 bits per heavy atom. The molecule has 0 aliphatic carbocycles. The van der Waals surface area contributed by atoms with Gasteiger partial charge in [0.1, 0.15) is 5.60 Å². The summed E-state index contributed by atoms with van der Waals surface area (Å²) in [5, 5.41) is 12.3. The Bertz CT molecular complexity index is 1690. The van der Waals surface area contributed by atoms with Crippen LogP contribution in [0.25, 0.3) is 10.9 Å². The number of halogens is 1. The minimum absolute atomic E-state index is 0.00926. The Balaban J connectivity index is 1.35. The van der Waals surface area contributed by atoms with Crippen LogP contribution < -0.4 is 4.90 Å². The predicted octanol–water partition coefficient (Wildman–Crippen LogP) is 6.99. The number of carbonyl (C=O) groups excluding carboxylic acids is 2. The van der Waals surface area contributed by atoms with Crippen molar-refractivity contribution in [1.29, 1.82) is 0 Å². The van der Waals surface area contributed by atoms with E-state index in [0.29, 0.717) is 53.7 Å². The van der Waals surface area contributed by atoms with Crippen molar-refractivity contribution >= 4 is 51.6 Å². The largest absolute Gasteiger partial charge is 0.494 e. The molecule has 0 unspecified atom stereocenters. The number of benzene rings is 3. The second-order valence-electron chi connectivity index (χ2n) is 12.5. The lowest BCUT2D eigenvalue weighted by atomic mass is 10.0. The zero-order valence-corrected chi connectivity index (χ0v) is 27.1. The molecule has 2 amide bonds. The number of amides is 2. The van der Waals surface area contributed by atoms with E-state index in [9.17, 15) is 14.7 Å². The highest BCUT2D eigenvalue weighted by atomic mass is 35.5. The highest BCUT2D eigenvalue weighted by molar-refractivity contribution is 6.31. The molecule has 1 fully saturated rings. The zero-order chi connectivity index (χ0) is 32.3. The molecule has 5 rings (SSSR count). The zero-order valence-electron chi connectivity index (χ0n) is 26.4. The molecule has 1 aliphatic rings. The first-order valence-corrected chi connectivity index (χ1v) is 15.5. The molecule has 2 heterocycles. The third kappa shape index (κ3) is 7.67. The second kappa shape index (κ2) is 13.3. The normalized spacial score (nSPS) is 14.6. The average Bonchev–Trinajstić information content (AvgIpc) is 3.30. The van der Waals surface area contributed by atoms with Crippen LogP contribution in [0.2, 0.25) is 5.02 Å². The molecule has 0 spiro atoms. The van der Waals surface area contributed by atoms with Crippen LogP contribution in [0.3, 0.4) is 0 Å². The van der Waals surface area contributed by atoms with E-state index in [0.717, 1.165) is 16.6 Å². The van der Waals surface area contributed by atoms with Crippen molar-refractivity contribution in [2.45, 2.75) is 46.3 Å². The molecule has 1 aliphatic heterocycles. The molecular weight excluding hydrogens is 590 g/mol. The molecule has 2 N–H and O–H groups in total. The van der Waals surface area contributed by atoms with E-state index in [1.54, 1.807) is 21.9 Å². The number of hydrogen-bond donors (Lipinski definition) is 2. The van der Waals surface area contributed by atoms with Gasteiger partial charge >= 0.3 is 6.09 Å². The molecule has 0 atom stereocenters. The van der Waals surface area contributed by atoms with Gasteiger partial charge in [0.15, 0.2) is 5.88 Å². The molecule has 10 heteroatoms. The predicted molar refractivity (Wildman–Crippen MR) is 180 cm³/mol. The minimum Gasteiger partial charge on any atom is -0.494 e. The summed E-state index contributed by atoms with van der Waals surface area (Å²) in [6.07, 6.45) is -0.320. The standard InChI is InChI=1S/C35H40ClN5O4/c1-23(2)41(30(42)22-39-17-19-40(20-18-39)34(44)45-35(3,4)5)27-14-12-26(13-15-27)37-32(24-9-7-6-8-10-24)31-28-16-11-25(36)21-29(28)38-33(31)43/h6-16,21,23,38,43H,17-20,22H2,1-5H3. The third-order valence-corrected chi connectivity index (χ3v) is 7.80. The molecule has 3 aromatic carbocycles. The fourth-order valence-corrected chi connectivity index (χ4v) is 5.66. The third-order valence-electron chi connectivity index (χ3n) is 7.56. The second-order valence-corrected chi connectivity index (χ2v) is 12.9. The molecule has 1 aromatic heterocycles. The number of carbonyl (C=O) groups is 2. The number of aromatic nitrogens is 1. The van der Waals surface area contributed by atoms with E-state index in [1.807, 2.05) is 95.3 Å². The first kappa shape index (κ1) is 32.1. The van der Waals surface area contributed by atoms with Crippen molar-refractivity contribution in [2.24, 2.45) is 4.99 Å². The maximum Gasteiger partial charge on any atom is 0.410 e. The lowest BCUT2D eigenvalue weighted by molar-refractivity contribution is -0.120. The summed E-state index contributed by atoms with van der Waals surface area (Å²) in [6, 6.07) is 22.6. The van der Waals surface area contributed by atoms with Gasteiger partial charge in [-0.2, -0.15) is 0 Å². The number of hydrogen-bond acceptors (Lipinski definition) is 6. The van der Waals surface area contributed by atoms with Crippen LogP contribution in [0.15, 0.2) is 77.8 Å². The van der Waals surface area contributed by atoms with Gasteiger partial charge in [-0.1, -0.05) is 48.0 Å². The SMILES string of the molecule is CC(C)N(C(=O)CN1CCN(C(=O)OC(C)(C)C)CC1)c1ccc(N=C(c2ccccc2)c2c(O)[nH]c3cc(Cl)ccc23)cc1. The van der Waals surface area contributed by atoms with Crippen LogP contribution in [-0.2, 0) is 9.53 Å². The van der Waals surface area contributed by atoms with Crippen LogP contribution in [0, 0.1) is 0 Å². The molecule has 236 valence electrons. The number of fused-ring (bicyclic) bond motifs is 1. The number of H-pyrrole nitrogens is 1. The maximum absolute atomic E-state index is 13.6. The van der Waals surface area contributed by atoms with Gasteiger partial charge < -0.3 is 24.6 Å². The van der Waals surface area contributed by atoms with Gasteiger partial charge in [-0.05, 0) is 71.0 Å². The van der Waals surface area contributed by atoms with Crippen molar-refractivity contribution < 1.29 is 19.4 Å². The van der Waals surface area contributed by atoms with Crippen LogP contribution >= 0.6 is 11.6 Å². The van der Waals surface area contributed by atoms with Gasteiger partial charge in [-0.25, -0.2) is 9.79 Å². The number of ether oxygens (including phenoxy) is 1. The maximum atomic E-state index is 13.6. The summed E-state index contributed by atoms with van der Waals surface area (Å²) in [7, 11) is 0. The molecule has 0 saturated carbocycles. The van der Waals surface area contributed by atoms with E-state index >= 15 is 0 Å². The van der Waals surface area contributed by atoms with Gasteiger partial charge in [-0.3, -0.25) is 9.69 Å². The number of aliphatic imine (C=N–C) groups is 1. The van der Waals surface area contributed by atoms with Gasteiger partial charge in [0.05, 0.1) is 29.0 Å². The molecule has 45 heavy (non-hydrogen) atoms. The number of anilines is 1. The van der Waals surface area contributed by atoms with Crippen LogP contribution in [0.4, 0.5) is 16.2 Å². The number of rotatable bonds is 7. The van der Waals surface area contributed by atoms with Crippen molar-refractivity contribution in [1.82, 2.24) is 14.8 Å². The Hall–Kier alpha value is -4.34. The molecule has 0 radical (unpaired) electrons. The van der Waals surface area contributed by atoms with E-state index in [2.05, 4.69) is 9.88 Å². The fraction of sp³-hybridized carbons (Fsp3) is 0.343. The number of nitrogens with zero attached hydrogens (tertiary/aromatic N) is 4. The molecule has 9 nitrogen and oxygen atoms in total. The number of aromatic hydroxyl groups is 1. The first-order valence-electron chi connectivity index (χ1n) is 15.2. The summed E-state index contributed by atoms with van der Waals surface area (Å²) in [6.45, 7) is 12.0. The van der Waals surface area contributed by atoms with E-state index in [-0.39, 0.29) is 30.5 Å². The fourth-order valence-electron chi connectivity index (χ4n) is 5.49. The van der Waals surface area contributed by atoms with Crippen molar-refractivity contribution in [3.05, 3.63) is 88.9 Å². The Labute approximate surface area is 269 Å². The summed E-state index contributed by atoms with van der Waals surface area (Å²) >= 11 is 6.20. The highest BCUT2D eigenvalue weighted by Gasteiger charge is 2.28. The highest BCUT2D eigenvalue weighted by Crippen LogP contribution is 2.33. The average molecular weight is 630 g/mol. The lowest BCUT2D eigenvalue weighted by Crippen LogP contribution is -2.53. The monoisotopic (exact) mass is 629 g/mol. The summed E-state index contributed by atoms with van der Waals surface area (Å²) < 4.78 is 5.49. The van der Waals surface area contributed by atoms with Crippen LogP contribution in [0.1, 0.15) is 45.7 Å². The topological polar surface area (TPSA) is 101 Å². The van der Waals surface area contributed by atoms with Gasteiger partial charge in [0.25, 0.3) is 0 Å². The smallest absolute Gasteiger partial charge is 0.410 e. The Kier molecular flexibility index (Phi) is 9.51. The number of piperazine rings is 1. The lowest BCUT2D eigenvalue weighted by Gasteiger charge is -2.36. The van der Waals surface area contributed by atoms with Crippen molar-refractivity contribution in [3.8, 4) is 5.88 Å². The van der Waals surface area contributed by atoms with Crippen molar-refractivity contribution in [2.75, 3.05) is 37.6 Å². The number of nitrogens with one attached hydrogen (secondary N) is 1. The first-order chi connectivity index (χ1) is 21.4. The molecule has 1 saturated heterocycles. The van der Waals surface area contributed by atoms with Gasteiger partial charge in [0, 0.05) is 53.9 Å². The van der Waals surface area contributed by atoms with E-state index in [1.165, 1.54) is 0 Å². The Morgan fingerprint density at radius 3 is 2.29 bits per heavy atom. The number of aromatic amines is 1. The summed E-state index contributed by atoms with van der Waals surface area (Å²) in [5.74, 6) is -0.00526. The molecular formula is C35H40ClN5O4. The minimum atomic E-state index is -0.543. The Morgan fingerprint density at radius 1 is 1.00 bits per heavy atom. The van der Waals surface area contributed by atoms with Crippen LogP contribution in [-0.4, -0.2) is 82.0 Å². The van der Waals surface area contributed by atoms with Crippen molar-refractivity contribution in [3.63, 3.8) is 0 Å². The molecule has 4 aromatic rings. The van der Waals surface area contributed by atoms with Gasteiger partial charge in [-0.15, -0.1) is 0 Å². The summed E-state index contributed by atoms with van der Waals surface area (Å²) in [5.41, 5.74) is 3.66.